The van der Waals surface area contributed by atoms with Gasteiger partial charge in [-0.05, 0) is 23.3 Å². The van der Waals surface area contributed by atoms with Crippen LogP contribution in [0.1, 0.15) is 34.8 Å². The lowest BCUT2D eigenvalue weighted by molar-refractivity contribution is -0.118. The summed E-state index contributed by atoms with van der Waals surface area (Å²) in [6.07, 6.45) is 0.371. The molecule has 0 fully saturated rings. The number of nitrogens with zero attached hydrogens (tertiary/aromatic N) is 1. The zero-order valence-corrected chi connectivity index (χ0v) is 14.0. The lowest BCUT2D eigenvalue weighted by Gasteiger charge is -2.20. The first kappa shape index (κ1) is 17.7. The van der Waals surface area contributed by atoms with Crippen LogP contribution in [-0.2, 0) is 17.9 Å². The molecule has 5 nitrogen and oxygen atoms in total. The summed E-state index contributed by atoms with van der Waals surface area (Å²) in [6, 6.07) is 14.4. The van der Waals surface area contributed by atoms with Crippen molar-refractivity contribution in [2.45, 2.75) is 26.5 Å². The summed E-state index contributed by atoms with van der Waals surface area (Å²) < 4.78 is 0. The number of amides is 2. The normalized spacial score (nSPS) is 10.3. The Hall–Kier alpha value is -2.66. The van der Waals surface area contributed by atoms with E-state index in [1.54, 1.807) is 38.2 Å². The third-order valence-corrected chi connectivity index (χ3v) is 3.91. The van der Waals surface area contributed by atoms with Crippen LogP contribution in [0.4, 0.5) is 5.69 Å². The van der Waals surface area contributed by atoms with E-state index in [9.17, 15) is 14.7 Å². The van der Waals surface area contributed by atoms with Crippen LogP contribution in [0, 0.1) is 0 Å². The largest absolute Gasteiger partial charge is 0.392 e. The van der Waals surface area contributed by atoms with E-state index in [1.165, 1.54) is 4.90 Å². The van der Waals surface area contributed by atoms with Gasteiger partial charge in [0.2, 0.25) is 5.91 Å². The van der Waals surface area contributed by atoms with E-state index in [4.69, 9.17) is 0 Å². The molecule has 2 aromatic rings. The maximum Gasteiger partial charge on any atom is 0.253 e. The van der Waals surface area contributed by atoms with Crippen molar-refractivity contribution in [2.75, 3.05) is 11.9 Å². The predicted molar refractivity (Wildman–Crippen MR) is 93.7 cm³/mol. The molecule has 0 aliphatic carbocycles. The Balaban J connectivity index is 2.17. The number of aliphatic hydroxyl groups is 1. The Kier molecular flexibility index (Phi) is 6.09. The first-order valence-corrected chi connectivity index (χ1v) is 7.89. The first-order chi connectivity index (χ1) is 11.6. The molecule has 0 aliphatic rings. The molecule has 0 atom stereocenters. The van der Waals surface area contributed by atoms with Crippen molar-refractivity contribution < 1.29 is 14.7 Å². The van der Waals surface area contributed by atoms with Gasteiger partial charge in [0.15, 0.2) is 0 Å². The fourth-order valence-corrected chi connectivity index (χ4v) is 2.48. The smallest absolute Gasteiger partial charge is 0.253 e. The topological polar surface area (TPSA) is 69.6 Å². The van der Waals surface area contributed by atoms with E-state index in [0.29, 0.717) is 24.2 Å². The second-order valence-corrected chi connectivity index (χ2v) is 5.43. The van der Waals surface area contributed by atoms with Crippen LogP contribution >= 0.6 is 0 Å². The number of aliphatic hydroxyl groups excluding tert-OH is 1. The summed E-state index contributed by atoms with van der Waals surface area (Å²) in [5.74, 6) is -0.310. The molecule has 0 radical (unpaired) electrons. The van der Waals surface area contributed by atoms with Crippen LogP contribution in [0.5, 0.6) is 0 Å². The zero-order chi connectivity index (χ0) is 17.5. The molecule has 0 bridgehead atoms. The fraction of sp³-hybridized carbons (Fsp3) is 0.263. The molecule has 0 saturated heterocycles. The molecular formula is C19H22N2O3. The van der Waals surface area contributed by atoms with Crippen LogP contribution in [0.15, 0.2) is 48.5 Å². The standard InChI is InChI=1S/C19H22N2O3/c1-3-18(23)21(2)17-11-7-6-10-16(17)19(24)20-12-14-8-4-5-9-15(14)13-22/h4-11,22H,3,12-13H2,1-2H3,(H,20,24). The van der Waals surface area contributed by atoms with Crippen LogP contribution in [-0.4, -0.2) is 24.0 Å². The third-order valence-electron chi connectivity index (χ3n) is 3.91. The van der Waals surface area contributed by atoms with Crippen LogP contribution in [0.2, 0.25) is 0 Å². The minimum Gasteiger partial charge on any atom is -0.392 e. The van der Waals surface area contributed by atoms with Gasteiger partial charge in [0.05, 0.1) is 17.9 Å². The number of rotatable bonds is 6. The predicted octanol–water partition coefficient (Wildman–Crippen LogP) is 2.48. The molecule has 2 amide bonds. The second-order valence-electron chi connectivity index (χ2n) is 5.43. The summed E-state index contributed by atoms with van der Waals surface area (Å²) in [5, 5.41) is 12.2. The highest BCUT2D eigenvalue weighted by Crippen LogP contribution is 2.20. The van der Waals surface area contributed by atoms with Crippen molar-refractivity contribution in [1.82, 2.24) is 5.32 Å². The number of benzene rings is 2. The molecule has 24 heavy (non-hydrogen) atoms. The van der Waals surface area contributed by atoms with E-state index >= 15 is 0 Å². The number of anilines is 1. The zero-order valence-electron chi connectivity index (χ0n) is 14.0. The van der Waals surface area contributed by atoms with E-state index in [-0.39, 0.29) is 18.4 Å². The van der Waals surface area contributed by atoms with Crippen molar-refractivity contribution in [2.24, 2.45) is 0 Å². The van der Waals surface area contributed by atoms with E-state index in [2.05, 4.69) is 5.32 Å². The van der Waals surface area contributed by atoms with Gasteiger partial charge in [-0.15, -0.1) is 0 Å². The van der Waals surface area contributed by atoms with Gasteiger partial charge in [-0.25, -0.2) is 0 Å². The molecule has 0 heterocycles. The highest BCUT2D eigenvalue weighted by atomic mass is 16.3. The van der Waals surface area contributed by atoms with Crippen LogP contribution in [0.3, 0.4) is 0 Å². The first-order valence-electron chi connectivity index (χ1n) is 7.89. The van der Waals surface area contributed by atoms with Crippen molar-refractivity contribution in [1.29, 1.82) is 0 Å². The van der Waals surface area contributed by atoms with E-state index in [0.717, 1.165) is 11.1 Å². The van der Waals surface area contributed by atoms with Gasteiger partial charge < -0.3 is 15.3 Å². The quantitative estimate of drug-likeness (QED) is 0.857. The van der Waals surface area contributed by atoms with Crippen molar-refractivity contribution >= 4 is 17.5 Å². The average molecular weight is 326 g/mol. The Bertz CT molecular complexity index is 728. The van der Waals surface area contributed by atoms with Crippen molar-refractivity contribution in [3.05, 3.63) is 65.2 Å². The van der Waals surface area contributed by atoms with Crippen LogP contribution in [0.25, 0.3) is 0 Å². The van der Waals surface area contributed by atoms with Gasteiger partial charge in [-0.1, -0.05) is 43.3 Å². The van der Waals surface area contributed by atoms with Gasteiger partial charge in [0.25, 0.3) is 5.91 Å². The number of para-hydroxylation sites is 1. The number of nitrogens with one attached hydrogen (secondary N) is 1. The fourth-order valence-electron chi connectivity index (χ4n) is 2.48. The molecule has 5 heteroatoms. The molecule has 2 aromatic carbocycles. The van der Waals surface area contributed by atoms with Gasteiger partial charge in [-0.2, -0.15) is 0 Å². The Morgan fingerprint density at radius 2 is 1.67 bits per heavy atom. The molecular weight excluding hydrogens is 304 g/mol. The minimum absolute atomic E-state index is 0.0547. The lowest BCUT2D eigenvalue weighted by atomic mass is 10.1. The monoisotopic (exact) mass is 326 g/mol. The third kappa shape index (κ3) is 4.00. The molecule has 0 aliphatic heterocycles. The molecule has 2 rings (SSSR count). The number of carbonyl (C=O) groups is 2. The maximum atomic E-state index is 12.5. The molecule has 0 saturated carbocycles. The molecule has 0 spiro atoms. The van der Waals surface area contributed by atoms with Crippen LogP contribution < -0.4 is 10.2 Å². The maximum absolute atomic E-state index is 12.5. The highest BCUT2D eigenvalue weighted by Gasteiger charge is 2.17. The van der Waals surface area contributed by atoms with Gasteiger partial charge in [-0.3, -0.25) is 9.59 Å². The van der Waals surface area contributed by atoms with E-state index in [1.807, 2.05) is 24.3 Å². The summed E-state index contributed by atoms with van der Waals surface area (Å²) in [6.45, 7) is 2.03. The summed E-state index contributed by atoms with van der Waals surface area (Å²) in [5.41, 5.74) is 2.67. The summed E-state index contributed by atoms with van der Waals surface area (Å²) >= 11 is 0. The number of hydrogen-bond acceptors (Lipinski definition) is 3. The number of carbonyl (C=O) groups excluding carboxylic acids is 2. The highest BCUT2D eigenvalue weighted by molar-refractivity contribution is 6.04. The summed E-state index contributed by atoms with van der Waals surface area (Å²) in [4.78, 5) is 26.0. The molecule has 126 valence electrons. The van der Waals surface area contributed by atoms with Gasteiger partial charge in [0.1, 0.15) is 0 Å². The second kappa shape index (κ2) is 8.26. The number of hydrogen-bond donors (Lipinski definition) is 2. The lowest BCUT2D eigenvalue weighted by Crippen LogP contribution is -2.30. The minimum atomic E-state index is -0.255. The Labute approximate surface area is 141 Å². The SMILES string of the molecule is CCC(=O)N(C)c1ccccc1C(=O)NCc1ccccc1CO. The Morgan fingerprint density at radius 1 is 1.04 bits per heavy atom. The van der Waals surface area contributed by atoms with Crippen molar-refractivity contribution in [3.8, 4) is 0 Å². The summed E-state index contributed by atoms with van der Waals surface area (Å²) in [7, 11) is 1.67. The van der Waals surface area contributed by atoms with Gasteiger partial charge in [0, 0.05) is 20.0 Å². The molecule has 0 unspecified atom stereocenters. The Morgan fingerprint density at radius 3 is 2.33 bits per heavy atom. The van der Waals surface area contributed by atoms with E-state index < -0.39 is 0 Å². The van der Waals surface area contributed by atoms with Crippen molar-refractivity contribution in [3.63, 3.8) is 0 Å². The van der Waals surface area contributed by atoms with Gasteiger partial charge >= 0.3 is 0 Å². The molecule has 0 aromatic heterocycles. The molecule has 2 N–H and O–H groups in total. The average Bonchev–Trinajstić information content (AvgIpc) is 2.64.